The Morgan fingerprint density at radius 3 is 2.52 bits per heavy atom. The standard InChI is InChI=1S/C23H37N7O/c1-5-19(6-2)21-15-20(31-28-21)17-27-23(24-4)26-16-18-8-9-25-22(14-18)30-12-10-29(7-3)11-13-30/h8-9,14-15,19H,5-7,10-13,16-17H2,1-4H3,(H2,24,26,27). The molecule has 8 nitrogen and oxygen atoms in total. The molecule has 2 N–H and O–H groups in total. The highest BCUT2D eigenvalue weighted by Gasteiger charge is 2.17. The van der Waals surface area contributed by atoms with Gasteiger partial charge in [0.1, 0.15) is 5.82 Å². The number of pyridine rings is 1. The second-order valence-electron chi connectivity index (χ2n) is 7.95. The summed E-state index contributed by atoms with van der Waals surface area (Å²) in [7, 11) is 1.77. The predicted octanol–water partition coefficient (Wildman–Crippen LogP) is 2.98. The molecule has 2 aromatic rings. The minimum absolute atomic E-state index is 0.459. The summed E-state index contributed by atoms with van der Waals surface area (Å²) in [4.78, 5) is 13.7. The predicted molar refractivity (Wildman–Crippen MR) is 125 cm³/mol. The van der Waals surface area contributed by atoms with Crippen LogP contribution < -0.4 is 15.5 Å². The number of hydrogen-bond acceptors (Lipinski definition) is 6. The quantitative estimate of drug-likeness (QED) is 0.470. The molecule has 2 aromatic heterocycles. The normalized spacial score (nSPS) is 15.5. The van der Waals surface area contributed by atoms with Crippen LogP contribution in [-0.4, -0.2) is 60.8 Å². The zero-order valence-corrected chi connectivity index (χ0v) is 19.4. The first-order chi connectivity index (χ1) is 15.2. The van der Waals surface area contributed by atoms with E-state index < -0.39 is 0 Å². The monoisotopic (exact) mass is 427 g/mol. The van der Waals surface area contributed by atoms with Crippen molar-refractivity contribution in [2.75, 3.05) is 44.7 Å². The number of rotatable bonds is 9. The van der Waals surface area contributed by atoms with Crippen LogP contribution in [0, 0.1) is 0 Å². The average molecular weight is 428 g/mol. The van der Waals surface area contributed by atoms with Crippen molar-refractivity contribution in [3.05, 3.63) is 41.4 Å². The molecule has 0 aromatic carbocycles. The number of anilines is 1. The molecule has 0 atom stereocenters. The third kappa shape index (κ3) is 6.43. The van der Waals surface area contributed by atoms with Crippen molar-refractivity contribution in [2.45, 2.75) is 52.6 Å². The van der Waals surface area contributed by atoms with E-state index in [4.69, 9.17) is 4.52 Å². The van der Waals surface area contributed by atoms with Crippen LogP contribution in [0.5, 0.6) is 0 Å². The highest BCUT2D eigenvalue weighted by Crippen LogP contribution is 2.22. The molecular weight excluding hydrogens is 390 g/mol. The molecule has 3 heterocycles. The lowest BCUT2D eigenvalue weighted by atomic mass is 9.99. The van der Waals surface area contributed by atoms with Crippen molar-refractivity contribution in [2.24, 2.45) is 4.99 Å². The first-order valence-electron chi connectivity index (χ1n) is 11.5. The maximum atomic E-state index is 5.49. The minimum Gasteiger partial charge on any atom is -0.359 e. The Morgan fingerprint density at radius 1 is 1.10 bits per heavy atom. The van der Waals surface area contributed by atoms with E-state index >= 15 is 0 Å². The van der Waals surface area contributed by atoms with Gasteiger partial charge >= 0.3 is 0 Å². The summed E-state index contributed by atoms with van der Waals surface area (Å²) in [5, 5.41) is 10.9. The molecule has 31 heavy (non-hydrogen) atoms. The van der Waals surface area contributed by atoms with Crippen LogP contribution in [0.15, 0.2) is 33.9 Å². The van der Waals surface area contributed by atoms with Crippen molar-refractivity contribution in [3.8, 4) is 0 Å². The van der Waals surface area contributed by atoms with Crippen molar-refractivity contribution >= 4 is 11.8 Å². The fourth-order valence-electron chi connectivity index (χ4n) is 3.93. The molecule has 1 saturated heterocycles. The van der Waals surface area contributed by atoms with Crippen LogP contribution in [0.1, 0.15) is 56.5 Å². The minimum atomic E-state index is 0.459. The van der Waals surface area contributed by atoms with Gasteiger partial charge in [-0.15, -0.1) is 0 Å². The molecule has 0 spiro atoms. The van der Waals surface area contributed by atoms with Gasteiger partial charge in [0.15, 0.2) is 11.7 Å². The third-order valence-electron chi connectivity index (χ3n) is 6.05. The number of likely N-dealkylation sites (N-methyl/N-ethyl adjacent to an activating group) is 1. The Bertz CT molecular complexity index is 823. The van der Waals surface area contributed by atoms with Crippen LogP contribution in [0.2, 0.25) is 0 Å². The van der Waals surface area contributed by atoms with E-state index in [1.54, 1.807) is 7.05 Å². The van der Waals surface area contributed by atoms with Gasteiger partial charge in [-0.2, -0.15) is 0 Å². The topological polar surface area (TPSA) is 81.8 Å². The maximum Gasteiger partial charge on any atom is 0.191 e. The number of nitrogens with zero attached hydrogens (tertiary/aromatic N) is 5. The Kier molecular flexibility index (Phi) is 8.70. The van der Waals surface area contributed by atoms with Gasteiger partial charge in [0.05, 0.1) is 12.2 Å². The van der Waals surface area contributed by atoms with Gasteiger partial charge in [-0.1, -0.05) is 25.9 Å². The second-order valence-corrected chi connectivity index (χ2v) is 7.95. The number of nitrogens with one attached hydrogen (secondary N) is 2. The Hall–Kier alpha value is -2.61. The lowest BCUT2D eigenvalue weighted by Crippen LogP contribution is -2.46. The van der Waals surface area contributed by atoms with Crippen LogP contribution in [-0.2, 0) is 13.1 Å². The van der Waals surface area contributed by atoms with E-state index in [1.807, 2.05) is 18.3 Å². The molecular formula is C23H37N7O. The summed E-state index contributed by atoms with van der Waals surface area (Å²) in [6, 6.07) is 6.26. The smallest absolute Gasteiger partial charge is 0.191 e. The molecule has 1 aliphatic rings. The summed E-state index contributed by atoms with van der Waals surface area (Å²) in [6.07, 6.45) is 4.03. The molecule has 8 heteroatoms. The van der Waals surface area contributed by atoms with Gasteiger partial charge in [-0.05, 0) is 37.1 Å². The van der Waals surface area contributed by atoms with Gasteiger partial charge in [-0.3, -0.25) is 4.99 Å². The number of piperazine rings is 1. The van der Waals surface area contributed by atoms with E-state index in [9.17, 15) is 0 Å². The lowest BCUT2D eigenvalue weighted by molar-refractivity contribution is 0.270. The third-order valence-corrected chi connectivity index (χ3v) is 6.05. The highest BCUT2D eigenvalue weighted by molar-refractivity contribution is 5.79. The average Bonchev–Trinajstić information content (AvgIpc) is 3.29. The zero-order chi connectivity index (χ0) is 22.1. The van der Waals surface area contributed by atoms with E-state index in [0.717, 1.165) is 68.8 Å². The molecule has 1 fully saturated rings. The first-order valence-corrected chi connectivity index (χ1v) is 11.5. The molecule has 0 aliphatic carbocycles. The molecule has 0 saturated carbocycles. The number of guanidine groups is 1. The Morgan fingerprint density at radius 2 is 1.84 bits per heavy atom. The Balaban J connectivity index is 1.50. The van der Waals surface area contributed by atoms with Crippen molar-refractivity contribution in [1.29, 1.82) is 0 Å². The summed E-state index contributed by atoms with van der Waals surface area (Å²) in [6.45, 7) is 13.2. The summed E-state index contributed by atoms with van der Waals surface area (Å²) >= 11 is 0. The van der Waals surface area contributed by atoms with Crippen LogP contribution in [0.25, 0.3) is 0 Å². The second kappa shape index (κ2) is 11.7. The molecule has 3 rings (SSSR count). The largest absolute Gasteiger partial charge is 0.359 e. The maximum absolute atomic E-state index is 5.49. The lowest BCUT2D eigenvalue weighted by Gasteiger charge is -2.34. The Labute approximate surface area is 186 Å². The zero-order valence-electron chi connectivity index (χ0n) is 19.4. The SMILES string of the molecule is CCC(CC)c1cc(CNC(=NC)NCc2ccnc(N3CCN(CC)CC3)c2)on1. The summed E-state index contributed by atoms with van der Waals surface area (Å²) in [5.41, 5.74) is 2.22. The van der Waals surface area contributed by atoms with E-state index in [0.29, 0.717) is 19.0 Å². The van der Waals surface area contributed by atoms with Gasteiger partial charge < -0.3 is 25.0 Å². The van der Waals surface area contributed by atoms with Crippen molar-refractivity contribution < 1.29 is 4.52 Å². The number of aromatic nitrogens is 2. The fourth-order valence-corrected chi connectivity index (χ4v) is 3.93. The van der Waals surface area contributed by atoms with E-state index in [2.05, 4.69) is 62.4 Å². The summed E-state index contributed by atoms with van der Waals surface area (Å²) < 4.78 is 5.49. The van der Waals surface area contributed by atoms with Crippen LogP contribution in [0.4, 0.5) is 5.82 Å². The highest BCUT2D eigenvalue weighted by atomic mass is 16.5. The summed E-state index contributed by atoms with van der Waals surface area (Å²) in [5.74, 6) is 3.06. The molecule has 170 valence electrons. The van der Waals surface area contributed by atoms with Gasteiger partial charge in [0, 0.05) is 58.0 Å². The molecule has 0 bridgehead atoms. The first kappa shape index (κ1) is 23.1. The van der Waals surface area contributed by atoms with Gasteiger partial charge in [-0.25, -0.2) is 4.98 Å². The van der Waals surface area contributed by atoms with Gasteiger partial charge in [0.2, 0.25) is 0 Å². The van der Waals surface area contributed by atoms with E-state index in [1.165, 1.54) is 5.56 Å². The van der Waals surface area contributed by atoms with Gasteiger partial charge in [0.25, 0.3) is 0 Å². The van der Waals surface area contributed by atoms with Crippen molar-refractivity contribution in [1.82, 2.24) is 25.7 Å². The fraction of sp³-hybridized carbons (Fsp3) is 0.609. The molecule has 0 radical (unpaired) electrons. The van der Waals surface area contributed by atoms with Crippen LogP contribution >= 0.6 is 0 Å². The molecule has 0 unspecified atom stereocenters. The molecule has 0 amide bonds. The number of aliphatic imine (C=N–C) groups is 1. The molecule has 1 aliphatic heterocycles. The number of hydrogen-bond donors (Lipinski definition) is 2. The van der Waals surface area contributed by atoms with E-state index in [-0.39, 0.29) is 0 Å². The van der Waals surface area contributed by atoms with Crippen molar-refractivity contribution in [3.63, 3.8) is 0 Å². The van der Waals surface area contributed by atoms with Crippen LogP contribution in [0.3, 0.4) is 0 Å².